The molecule has 0 aromatic carbocycles. The number of hydrogen-bond acceptors (Lipinski definition) is 4. The number of nitrogens with zero attached hydrogens (tertiary/aromatic N) is 2. The van der Waals surface area contributed by atoms with E-state index in [1.165, 1.54) is 4.88 Å². The Morgan fingerprint density at radius 3 is 2.87 bits per heavy atom. The molecule has 0 bridgehead atoms. The molecule has 80 valence electrons. The van der Waals surface area contributed by atoms with Crippen LogP contribution in [0.2, 0.25) is 0 Å². The summed E-state index contributed by atoms with van der Waals surface area (Å²) in [6, 6.07) is 2.47. The van der Waals surface area contributed by atoms with Crippen molar-refractivity contribution in [3.63, 3.8) is 0 Å². The van der Waals surface area contributed by atoms with Gasteiger partial charge in [-0.1, -0.05) is 0 Å². The third-order valence-electron chi connectivity index (χ3n) is 2.87. The van der Waals surface area contributed by atoms with E-state index >= 15 is 0 Å². The van der Waals surface area contributed by atoms with Crippen LogP contribution in [0.1, 0.15) is 22.7 Å². The normalized spacial score (nSPS) is 19.7. The SMILES string of the molecule is Cc1ncc(CC2(C#N)CCOCC2)s1. The second kappa shape index (κ2) is 4.30. The molecule has 0 unspecified atom stereocenters. The van der Waals surface area contributed by atoms with E-state index in [2.05, 4.69) is 11.1 Å². The summed E-state index contributed by atoms with van der Waals surface area (Å²) in [7, 11) is 0. The van der Waals surface area contributed by atoms with Crippen LogP contribution in [0, 0.1) is 23.7 Å². The minimum Gasteiger partial charge on any atom is -0.381 e. The minimum atomic E-state index is -0.211. The van der Waals surface area contributed by atoms with Crippen molar-refractivity contribution in [2.24, 2.45) is 5.41 Å². The van der Waals surface area contributed by atoms with Crippen LogP contribution in [-0.2, 0) is 11.2 Å². The van der Waals surface area contributed by atoms with E-state index in [9.17, 15) is 5.26 Å². The van der Waals surface area contributed by atoms with Crippen LogP contribution in [0.5, 0.6) is 0 Å². The topological polar surface area (TPSA) is 45.9 Å². The third kappa shape index (κ3) is 2.36. The van der Waals surface area contributed by atoms with E-state index in [-0.39, 0.29) is 5.41 Å². The van der Waals surface area contributed by atoms with Crippen LogP contribution in [0.25, 0.3) is 0 Å². The first kappa shape index (κ1) is 10.6. The first-order chi connectivity index (χ1) is 7.24. The molecule has 3 nitrogen and oxygen atoms in total. The average molecular weight is 222 g/mol. The smallest absolute Gasteiger partial charge is 0.0896 e. The van der Waals surface area contributed by atoms with Crippen molar-refractivity contribution in [1.29, 1.82) is 5.26 Å². The van der Waals surface area contributed by atoms with Gasteiger partial charge < -0.3 is 4.74 Å². The molecule has 0 saturated carbocycles. The summed E-state index contributed by atoms with van der Waals surface area (Å²) in [5.41, 5.74) is -0.211. The van der Waals surface area contributed by atoms with Crippen LogP contribution in [0.4, 0.5) is 0 Å². The second-order valence-corrected chi connectivity index (χ2v) is 5.35. The van der Waals surface area contributed by atoms with Gasteiger partial charge in [0.1, 0.15) is 0 Å². The van der Waals surface area contributed by atoms with Gasteiger partial charge >= 0.3 is 0 Å². The predicted octanol–water partition coefficient (Wildman–Crippen LogP) is 2.31. The molecular weight excluding hydrogens is 208 g/mol. The van der Waals surface area contributed by atoms with Crippen molar-refractivity contribution >= 4 is 11.3 Å². The maximum atomic E-state index is 9.29. The van der Waals surface area contributed by atoms with Gasteiger partial charge in [0, 0.05) is 30.7 Å². The number of aromatic nitrogens is 1. The van der Waals surface area contributed by atoms with Gasteiger partial charge in [0.15, 0.2) is 0 Å². The van der Waals surface area contributed by atoms with E-state index < -0.39 is 0 Å². The van der Waals surface area contributed by atoms with Crippen molar-refractivity contribution in [2.45, 2.75) is 26.2 Å². The third-order valence-corrected chi connectivity index (χ3v) is 3.78. The molecule has 2 rings (SSSR count). The van der Waals surface area contributed by atoms with E-state index in [0.717, 1.165) is 24.3 Å². The van der Waals surface area contributed by atoms with Crippen molar-refractivity contribution in [3.05, 3.63) is 16.1 Å². The Labute approximate surface area is 93.7 Å². The van der Waals surface area contributed by atoms with E-state index in [1.807, 2.05) is 13.1 Å². The summed E-state index contributed by atoms with van der Waals surface area (Å²) in [6.45, 7) is 3.42. The first-order valence-corrected chi connectivity index (χ1v) is 5.96. The largest absolute Gasteiger partial charge is 0.381 e. The van der Waals surface area contributed by atoms with Crippen molar-refractivity contribution < 1.29 is 4.74 Å². The quantitative estimate of drug-likeness (QED) is 0.771. The highest BCUT2D eigenvalue weighted by Gasteiger charge is 2.33. The minimum absolute atomic E-state index is 0.211. The maximum absolute atomic E-state index is 9.29. The second-order valence-electron chi connectivity index (χ2n) is 4.03. The zero-order chi connectivity index (χ0) is 10.7. The summed E-state index contributed by atoms with van der Waals surface area (Å²) < 4.78 is 5.31. The number of hydrogen-bond donors (Lipinski definition) is 0. The highest BCUT2D eigenvalue weighted by atomic mass is 32.1. The Balaban J connectivity index is 2.11. The van der Waals surface area contributed by atoms with Gasteiger partial charge in [-0.15, -0.1) is 11.3 Å². The van der Waals surface area contributed by atoms with Gasteiger partial charge in [0.05, 0.1) is 16.5 Å². The molecule has 0 spiro atoms. The number of nitriles is 1. The monoisotopic (exact) mass is 222 g/mol. The Hall–Kier alpha value is -0.920. The lowest BCUT2D eigenvalue weighted by Gasteiger charge is -2.29. The van der Waals surface area contributed by atoms with Gasteiger partial charge in [0.2, 0.25) is 0 Å². The lowest BCUT2D eigenvalue weighted by Crippen LogP contribution is -2.29. The highest BCUT2D eigenvalue weighted by molar-refractivity contribution is 7.11. The van der Waals surface area contributed by atoms with Crippen molar-refractivity contribution in [1.82, 2.24) is 4.98 Å². The molecule has 4 heteroatoms. The molecule has 15 heavy (non-hydrogen) atoms. The van der Waals surface area contributed by atoms with Crippen LogP contribution in [0.15, 0.2) is 6.20 Å². The molecule has 0 aliphatic carbocycles. The average Bonchev–Trinajstić information content (AvgIpc) is 2.65. The number of aryl methyl sites for hydroxylation is 1. The zero-order valence-electron chi connectivity index (χ0n) is 8.82. The fourth-order valence-electron chi connectivity index (χ4n) is 1.91. The zero-order valence-corrected chi connectivity index (χ0v) is 9.64. The number of ether oxygens (including phenoxy) is 1. The molecule has 1 aliphatic heterocycles. The molecule has 1 aliphatic rings. The Bertz CT molecular complexity index is 374. The van der Waals surface area contributed by atoms with E-state index in [0.29, 0.717) is 13.2 Å². The van der Waals surface area contributed by atoms with Gasteiger partial charge in [-0.3, -0.25) is 0 Å². The summed E-state index contributed by atoms with van der Waals surface area (Å²) in [5.74, 6) is 0. The summed E-state index contributed by atoms with van der Waals surface area (Å²) in [5, 5.41) is 10.4. The van der Waals surface area contributed by atoms with E-state index in [1.54, 1.807) is 11.3 Å². The van der Waals surface area contributed by atoms with Crippen LogP contribution in [-0.4, -0.2) is 18.2 Å². The summed E-state index contributed by atoms with van der Waals surface area (Å²) >= 11 is 1.69. The first-order valence-electron chi connectivity index (χ1n) is 5.14. The number of rotatable bonds is 2. The van der Waals surface area contributed by atoms with Gasteiger partial charge in [0.25, 0.3) is 0 Å². The Morgan fingerprint density at radius 1 is 1.60 bits per heavy atom. The van der Waals surface area contributed by atoms with Gasteiger partial charge in [-0.25, -0.2) is 4.98 Å². The molecule has 1 saturated heterocycles. The Kier molecular flexibility index (Phi) is 3.03. The molecule has 1 aromatic rings. The summed E-state index contributed by atoms with van der Waals surface area (Å²) in [6.07, 6.45) is 4.42. The molecule has 0 atom stereocenters. The molecule has 0 radical (unpaired) electrons. The Morgan fingerprint density at radius 2 is 2.33 bits per heavy atom. The van der Waals surface area contributed by atoms with E-state index in [4.69, 9.17) is 4.74 Å². The molecule has 0 N–H and O–H groups in total. The fourth-order valence-corrected chi connectivity index (χ4v) is 2.85. The highest BCUT2D eigenvalue weighted by Crippen LogP contribution is 2.34. The molecule has 1 fully saturated rings. The molecular formula is C11H14N2OS. The fraction of sp³-hybridized carbons (Fsp3) is 0.636. The predicted molar refractivity (Wildman–Crippen MR) is 58.7 cm³/mol. The lowest BCUT2D eigenvalue weighted by atomic mass is 9.78. The lowest BCUT2D eigenvalue weighted by molar-refractivity contribution is 0.0409. The molecule has 2 heterocycles. The molecule has 1 aromatic heterocycles. The summed E-state index contributed by atoms with van der Waals surface area (Å²) in [4.78, 5) is 5.44. The van der Waals surface area contributed by atoms with Crippen molar-refractivity contribution in [3.8, 4) is 6.07 Å². The van der Waals surface area contributed by atoms with Crippen LogP contribution < -0.4 is 0 Å². The molecule has 0 amide bonds. The van der Waals surface area contributed by atoms with Gasteiger partial charge in [-0.2, -0.15) is 5.26 Å². The maximum Gasteiger partial charge on any atom is 0.0896 e. The van der Waals surface area contributed by atoms with Crippen LogP contribution >= 0.6 is 11.3 Å². The van der Waals surface area contributed by atoms with Crippen molar-refractivity contribution in [2.75, 3.05) is 13.2 Å². The van der Waals surface area contributed by atoms with Gasteiger partial charge in [-0.05, 0) is 19.8 Å². The number of thiazole rings is 1. The standard InChI is InChI=1S/C11H14N2OS/c1-9-13-7-10(15-9)6-11(8-12)2-4-14-5-3-11/h7H,2-6H2,1H3. The van der Waals surface area contributed by atoms with Crippen LogP contribution in [0.3, 0.4) is 0 Å².